The molecule has 0 unspecified atom stereocenters. The fraction of sp³-hybridized carbons (Fsp3) is 0.200. The van der Waals surface area contributed by atoms with Gasteiger partial charge in [0.25, 0.3) is 0 Å². The number of carbonyl (C=O) groups is 1. The molecule has 1 amide bonds. The highest BCUT2D eigenvalue weighted by Gasteiger charge is 2.04. The average molecular weight is 386 g/mol. The maximum atomic E-state index is 11.1. The molecule has 0 fully saturated rings. The zero-order valence-electron chi connectivity index (χ0n) is 16.0. The van der Waals surface area contributed by atoms with Gasteiger partial charge in [0.15, 0.2) is 0 Å². The monoisotopic (exact) mass is 386 g/mol. The molecule has 1 N–H and O–H groups in total. The lowest BCUT2D eigenvalue weighted by molar-refractivity contribution is -0.119. The van der Waals surface area contributed by atoms with Gasteiger partial charge in [0.05, 0.1) is 0 Å². The van der Waals surface area contributed by atoms with E-state index in [2.05, 4.69) is 22.1 Å². The number of aromatic nitrogens is 1. The van der Waals surface area contributed by atoms with E-state index < -0.39 is 0 Å². The van der Waals surface area contributed by atoms with Gasteiger partial charge in [-0.1, -0.05) is 49.6 Å². The second-order valence-corrected chi connectivity index (χ2v) is 6.55. The van der Waals surface area contributed by atoms with Crippen molar-refractivity contribution in [1.29, 1.82) is 0 Å². The zero-order chi connectivity index (χ0) is 19.8. The Labute approximate surface area is 173 Å². The zero-order valence-corrected chi connectivity index (χ0v) is 16.0. The number of para-hydroxylation sites is 1. The van der Waals surface area contributed by atoms with Crippen molar-refractivity contribution in [2.45, 2.75) is 33.7 Å². The van der Waals surface area contributed by atoms with Crippen LogP contribution in [-0.2, 0) is 11.2 Å². The van der Waals surface area contributed by atoms with Crippen LogP contribution in [-0.4, -0.2) is 16.9 Å². The summed E-state index contributed by atoms with van der Waals surface area (Å²) in [6, 6.07) is 21.4. The minimum atomic E-state index is -0.0104. The van der Waals surface area contributed by atoms with Gasteiger partial charge in [-0.05, 0) is 49.2 Å². The van der Waals surface area contributed by atoms with Crippen molar-refractivity contribution in [3.63, 3.8) is 0 Å². The summed E-state index contributed by atoms with van der Waals surface area (Å²) in [6.07, 6.45) is 2.49. The number of hydrogen-bond acceptors (Lipinski definition) is 3. The Hall–Kier alpha value is -3.58. The van der Waals surface area contributed by atoms with Crippen LogP contribution < -0.4 is 10.1 Å². The molecular weight excluding hydrogens is 360 g/mol. The summed E-state index contributed by atoms with van der Waals surface area (Å²) in [6.45, 7) is 3.53. The van der Waals surface area contributed by atoms with E-state index in [0.29, 0.717) is 5.88 Å². The number of ether oxygens (including phenoxy) is 1. The number of amides is 1. The molecule has 3 aromatic rings. The minimum Gasteiger partial charge on any atom is -0.439 e. The first-order chi connectivity index (χ1) is 13.6. The van der Waals surface area contributed by atoms with Crippen molar-refractivity contribution >= 4 is 5.91 Å². The Kier molecular flexibility index (Phi) is 8.00. The quantitative estimate of drug-likeness (QED) is 0.630. The highest BCUT2D eigenvalue weighted by atomic mass is 16.5. The molecule has 148 valence electrons. The molecule has 0 saturated heterocycles. The van der Waals surface area contributed by atoms with Crippen molar-refractivity contribution in [2.24, 2.45) is 0 Å². The van der Waals surface area contributed by atoms with Crippen LogP contribution in [0.15, 0.2) is 72.9 Å². The molecule has 0 spiro atoms. The Morgan fingerprint density at radius 2 is 1.66 bits per heavy atom. The summed E-state index contributed by atoms with van der Waals surface area (Å²) >= 11 is 0. The molecule has 0 aliphatic rings. The van der Waals surface area contributed by atoms with Crippen molar-refractivity contribution in [1.82, 2.24) is 10.3 Å². The van der Waals surface area contributed by atoms with E-state index in [9.17, 15) is 4.79 Å². The van der Waals surface area contributed by atoms with Crippen LogP contribution in [0, 0.1) is 11.8 Å². The van der Waals surface area contributed by atoms with Gasteiger partial charge in [-0.3, -0.25) is 4.79 Å². The van der Waals surface area contributed by atoms with Crippen LogP contribution >= 0.6 is 0 Å². The summed E-state index contributed by atoms with van der Waals surface area (Å²) in [5.41, 5.74) is 2.92. The Bertz CT molecular complexity index is 969. The summed E-state index contributed by atoms with van der Waals surface area (Å²) in [5, 5.41) is 2.89. The van der Waals surface area contributed by atoms with Crippen molar-refractivity contribution in [2.75, 3.05) is 0 Å². The van der Waals surface area contributed by atoms with E-state index in [1.165, 1.54) is 6.92 Å². The Balaban J connectivity index is 0.00000300. The predicted octanol–water partition coefficient (Wildman–Crippen LogP) is 4.98. The summed E-state index contributed by atoms with van der Waals surface area (Å²) in [4.78, 5) is 15.4. The van der Waals surface area contributed by atoms with E-state index in [4.69, 9.17) is 4.74 Å². The van der Waals surface area contributed by atoms with Gasteiger partial charge in [-0.15, -0.1) is 0 Å². The summed E-state index contributed by atoms with van der Waals surface area (Å²) < 4.78 is 5.68. The number of nitrogens with zero attached hydrogens (tertiary/aromatic N) is 1. The van der Waals surface area contributed by atoms with Gasteiger partial charge < -0.3 is 10.1 Å². The lowest BCUT2D eigenvalue weighted by atomic mass is 10.1. The number of pyridine rings is 1. The molecule has 0 bridgehead atoms. The highest BCUT2D eigenvalue weighted by Crippen LogP contribution is 2.18. The lowest BCUT2D eigenvalue weighted by Crippen LogP contribution is -2.31. The first-order valence-electron chi connectivity index (χ1n) is 9.15. The third kappa shape index (κ3) is 7.15. The fourth-order valence-corrected chi connectivity index (χ4v) is 2.74. The molecule has 0 saturated carbocycles. The van der Waals surface area contributed by atoms with Gasteiger partial charge >= 0.3 is 0 Å². The average Bonchev–Trinajstić information content (AvgIpc) is 2.69. The standard InChI is InChI=1S/C24H22N2O2.CH4/c1-18(26-19(2)27)16-21-11-8-20(9-12-21)10-13-22-14-15-24(25-17-22)28-23-6-4-3-5-7-23;/h3-9,11-12,14-15,17-18H,16H2,1-2H3,(H,26,27);1H4/t18-;/m0./s1. The van der Waals surface area contributed by atoms with Gasteiger partial charge in [-0.2, -0.15) is 0 Å². The maximum Gasteiger partial charge on any atom is 0.219 e. The lowest BCUT2D eigenvalue weighted by Gasteiger charge is -2.12. The summed E-state index contributed by atoms with van der Waals surface area (Å²) in [5.74, 6) is 7.53. The second-order valence-electron chi connectivity index (χ2n) is 6.55. The topological polar surface area (TPSA) is 51.2 Å². The second kappa shape index (κ2) is 10.7. The molecule has 4 heteroatoms. The first-order valence-corrected chi connectivity index (χ1v) is 9.15. The van der Waals surface area contributed by atoms with E-state index in [1.54, 1.807) is 6.20 Å². The highest BCUT2D eigenvalue weighted by molar-refractivity contribution is 5.73. The van der Waals surface area contributed by atoms with Crippen molar-refractivity contribution in [3.8, 4) is 23.5 Å². The molecule has 4 nitrogen and oxygen atoms in total. The van der Waals surface area contributed by atoms with Crippen molar-refractivity contribution < 1.29 is 9.53 Å². The van der Waals surface area contributed by atoms with E-state index in [1.807, 2.05) is 73.7 Å². The van der Waals surface area contributed by atoms with Crippen LogP contribution in [0.4, 0.5) is 0 Å². The van der Waals surface area contributed by atoms with Crippen molar-refractivity contribution in [3.05, 3.63) is 89.6 Å². The van der Waals surface area contributed by atoms with Crippen LogP contribution in [0.2, 0.25) is 0 Å². The molecule has 3 rings (SSSR count). The smallest absolute Gasteiger partial charge is 0.219 e. The van der Waals surface area contributed by atoms with E-state index >= 15 is 0 Å². The first kappa shape index (κ1) is 21.7. The Morgan fingerprint density at radius 3 is 2.28 bits per heavy atom. The molecule has 1 heterocycles. The van der Waals surface area contributed by atoms with E-state index in [-0.39, 0.29) is 19.4 Å². The van der Waals surface area contributed by atoms with Gasteiger partial charge in [0.2, 0.25) is 11.8 Å². The number of hydrogen-bond donors (Lipinski definition) is 1. The number of carbonyl (C=O) groups excluding carboxylic acids is 1. The Morgan fingerprint density at radius 1 is 1.00 bits per heavy atom. The molecule has 0 aliphatic carbocycles. The molecular formula is C25H26N2O2. The molecule has 0 radical (unpaired) electrons. The van der Waals surface area contributed by atoms with Crippen LogP contribution in [0.1, 0.15) is 38.0 Å². The number of benzene rings is 2. The van der Waals surface area contributed by atoms with Crippen LogP contribution in [0.25, 0.3) is 0 Å². The third-order valence-corrected chi connectivity index (χ3v) is 4.00. The molecule has 1 atom stereocenters. The SMILES string of the molecule is C.CC(=O)N[C@@H](C)Cc1ccc(C#Cc2ccc(Oc3ccccc3)nc2)cc1. The van der Waals surface area contributed by atoms with Gasteiger partial charge in [0, 0.05) is 36.4 Å². The normalized spacial score (nSPS) is 10.7. The molecule has 1 aromatic heterocycles. The van der Waals surface area contributed by atoms with Crippen LogP contribution in [0.5, 0.6) is 11.6 Å². The predicted molar refractivity (Wildman–Crippen MR) is 117 cm³/mol. The largest absolute Gasteiger partial charge is 0.439 e. The fourth-order valence-electron chi connectivity index (χ4n) is 2.74. The minimum absolute atomic E-state index is 0. The van der Waals surface area contributed by atoms with Gasteiger partial charge in [0.1, 0.15) is 5.75 Å². The molecule has 0 aliphatic heterocycles. The number of rotatable bonds is 5. The maximum absolute atomic E-state index is 11.1. The number of nitrogens with one attached hydrogen (secondary N) is 1. The molecule has 29 heavy (non-hydrogen) atoms. The third-order valence-electron chi connectivity index (χ3n) is 4.00. The van der Waals surface area contributed by atoms with Gasteiger partial charge in [-0.25, -0.2) is 4.98 Å². The van der Waals surface area contributed by atoms with Crippen LogP contribution in [0.3, 0.4) is 0 Å². The summed E-state index contributed by atoms with van der Waals surface area (Å²) in [7, 11) is 0. The van der Waals surface area contributed by atoms with E-state index in [0.717, 1.165) is 28.9 Å². The molecule has 2 aromatic carbocycles.